The maximum absolute atomic E-state index is 9.64. The first kappa shape index (κ1) is 11.0. The molecule has 1 heterocycles. The second-order valence-corrected chi connectivity index (χ2v) is 4.38. The molecule has 92 valence electrons. The van der Waals surface area contributed by atoms with Crippen molar-refractivity contribution in [2.45, 2.75) is 13.0 Å². The zero-order valence-electron chi connectivity index (χ0n) is 10.0. The summed E-state index contributed by atoms with van der Waals surface area (Å²) in [6, 6.07) is 13.3. The summed E-state index contributed by atoms with van der Waals surface area (Å²) in [6.07, 6.45) is 1.07. The molecule has 0 spiro atoms. The van der Waals surface area contributed by atoms with Crippen LogP contribution in [0.25, 0.3) is 0 Å². The Morgan fingerprint density at radius 1 is 1.11 bits per heavy atom. The van der Waals surface area contributed by atoms with Crippen LogP contribution in [0.15, 0.2) is 42.5 Å². The van der Waals surface area contributed by atoms with Crippen LogP contribution in [0.2, 0.25) is 0 Å². The van der Waals surface area contributed by atoms with Gasteiger partial charge in [-0.2, -0.15) is 0 Å². The van der Waals surface area contributed by atoms with E-state index in [1.165, 1.54) is 11.3 Å². The molecule has 2 N–H and O–H groups in total. The van der Waals surface area contributed by atoms with Gasteiger partial charge in [0.05, 0.1) is 0 Å². The van der Waals surface area contributed by atoms with E-state index >= 15 is 0 Å². The van der Waals surface area contributed by atoms with Crippen LogP contribution in [-0.4, -0.2) is 11.7 Å². The normalized spacial score (nSPS) is 12.9. The van der Waals surface area contributed by atoms with Gasteiger partial charge in [0, 0.05) is 17.8 Å². The lowest BCUT2D eigenvalue weighted by Gasteiger charge is -2.11. The number of nitrogens with one attached hydrogen (secondary N) is 1. The van der Waals surface area contributed by atoms with E-state index in [9.17, 15) is 5.11 Å². The minimum Gasteiger partial charge on any atom is -0.504 e. The predicted molar refractivity (Wildman–Crippen MR) is 71.1 cm³/mol. The molecule has 0 amide bonds. The van der Waals surface area contributed by atoms with Gasteiger partial charge in [0.25, 0.3) is 0 Å². The molecule has 3 rings (SSSR count). The van der Waals surface area contributed by atoms with Crippen LogP contribution in [0, 0.1) is 0 Å². The minimum atomic E-state index is 0.179. The molecule has 2 aromatic rings. The molecule has 0 atom stereocenters. The molecule has 3 heteroatoms. The lowest BCUT2D eigenvalue weighted by atomic mass is 10.1. The average molecular weight is 241 g/mol. The molecule has 0 bridgehead atoms. The van der Waals surface area contributed by atoms with Crippen molar-refractivity contribution in [2.24, 2.45) is 0 Å². The Hall–Kier alpha value is -2.16. The lowest BCUT2D eigenvalue weighted by molar-refractivity contribution is 0.289. The fourth-order valence-corrected chi connectivity index (χ4v) is 2.27. The second-order valence-electron chi connectivity index (χ2n) is 4.38. The van der Waals surface area contributed by atoms with Gasteiger partial charge in [-0.1, -0.05) is 30.3 Å². The van der Waals surface area contributed by atoms with Crippen molar-refractivity contribution in [3.8, 4) is 11.5 Å². The first-order valence-electron chi connectivity index (χ1n) is 6.10. The monoisotopic (exact) mass is 241 g/mol. The molecule has 0 saturated heterocycles. The van der Waals surface area contributed by atoms with E-state index in [4.69, 9.17) is 4.74 Å². The first-order chi connectivity index (χ1) is 8.84. The van der Waals surface area contributed by atoms with Gasteiger partial charge < -0.3 is 15.2 Å². The van der Waals surface area contributed by atoms with E-state index in [1.54, 1.807) is 18.2 Å². The van der Waals surface area contributed by atoms with Crippen molar-refractivity contribution >= 4 is 5.69 Å². The number of hydrogen-bond donors (Lipinski definition) is 2. The molecule has 0 aromatic heterocycles. The molecule has 18 heavy (non-hydrogen) atoms. The number of ether oxygens (including phenoxy) is 1. The molecule has 1 aliphatic rings. The largest absolute Gasteiger partial charge is 0.504 e. The Kier molecular flexibility index (Phi) is 2.81. The molecule has 3 nitrogen and oxygen atoms in total. The maximum atomic E-state index is 9.64. The van der Waals surface area contributed by atoms with E-state index in [0.29, 0.717) is 12.4 Å². The molecule has 0 unspecified atom stereocenters. The van der Waals surface area contributed by atoms with Crippen molar-refractivity contribution in [3.63, 3.8) is 0 Å². The molecule has 0 aliphatic carbocycles. The molecular weight excluding hydrogens is 226 g/mol. The van der Waals surface area contributed by atoms with E-state index in [2.05, 4.69) is 23.5 Å². The zero-order valence-corrected chi connectivity index (χ0v) is 10.0. The van der Waals surface area contributed by atoms with Crippen LogP contribution < -0.4 is 10.1 Å². The third-order valence-corrected chi connectivity index (χ3v) is 3.18. The SMILES string of the molecule is Oc1ccccc1OCc1cccc2c1NCC2. The summed E-state index contributed by atoms with van der Waals surface area (Å²) in [5.74, 6) is 0.700. The van der Waals surface area contributed by atoms with E-state index in [1.807, 2.05) is 6.07 Å². The van der Waals surface area contributed by atoms with Crippen LogP contribution in [0.4, 0.5) is 5.69 Å². The number of phenols is 1. The Labute approximate surface area is 106 Å². The van der Waals surface area contributed by atoms with Gasteiger partial charge in [0.2, 0.25) is 0 Å². The standard InChI is InChI=1S/C15H15NO2/c17-13-6-1-2-7-14(13)18-10-12-5-3-4-11-8-9-16-15(11)12/h1-7,16-17H,8-10H2. The fourth-order valence-electron chi connectivity index (χ4n) is 2.27. The Morgan fingerprint density at radius 3 is 2.89 bits per heavy atom. The van der Waals surface area contributed by atoms with Crippen molar-refractivity contribution < 1.29 is 9.84 Å². The average Bonchev–Trinajstić information content (AvgIpc) is 2.86. The molecule has 0 saturated carbocycles. The summed E-state index contributed by atoms with van der Waals surface area (Å²) in [5, 5.41) is 13.0. The van der Waals surface area contributed by atoms with Crippen LogP contribution in [-0.2, 0) is 13.0 Å². The van der Waals surface area contributed by atoms with Gasteiger partial charge in [-0.3, -0.25) is 0 Å². The zero-order chi connectivity index (χ0) is 12.4. The highest BCUT2D eigenvalue weighted by atomic mass is 16.5. The number of anilines is 1. The third kappa shape index (κ3) is 1.99. The van der Waals surface area contributed by atoms with Gasteiger partial charge in [-0.05, 0) is 24.1 Å². The molecular formula is C15H15NO2. The predicted octanol–water partition coefficient (Wildman–Crippen LogP) is 2.94. The Bertz CT molecular complexity index is 566. The molecule has 0 radical (unpaired) electrons. The quantitative estimate of drug-likeness (QED) is 0.868. The van der Waals surface area contributed by atoms with Crippen molar-refractivity contribution in [3.05, 3.63) is 53.6 Å². The van der Waals surface area contributed by atoms with E-state index < -0.39 is 0 Å². The summed E-state index contributed by atoms with van der Waals surface area (Å²) in [5.41, 5.74) is 3.66. The highest BCUT2D eigenvalue weighted by Crippen LogP contribution is 2.29. The second kappa shape index (κ2) is 4.61. The smallest absolute Gasteiger partial charge is 0.161 e. The van der Waals surface area contributed by atoms with Crippen molar-refractivity contribution in [2.75, 3.05) is 11.9 Å². The minimum absolute atomic E-state index is 0.179. The third-order valence-electron chi connectivity index (χ3n) is 3.18. The summed E-state index contributed by atoms with van der Waals surface area (Å²) in [4.78, 5) is 0. The number of hydrogen-bond acceptors (Lipinski definition) is 3. The number of rotatable bonds is 3. The van der Waals surface area contributed by atoms with Gasteiger partial charge in [0.1, 0.15) is 6.61 Å². The number of aromatic hydroxyl groups is 1. The number of fused-ring (bicyclic) bond motifs is 1. The van der Waals surface area contributed by atoms with Crippen LogP contribution in [0.1, 0.15) is 11.1 Å². The fraction of sp³-hybridized carbons (Fsp3) is 0.200. The number of phenolic OH excluding ortho intramolecular Hbond substituents is 1. The molecule has 2 aromatic carbocycles. The maximum Gasteiger partial charge on any atom is 0.161 e. The van der Waals surface area contributed by atoms with Crippen LogP contribution in [0.5, 0.6) is 11.5 Å². The van der Waals surface area contributed by atoms with Gasteiger partial charge >= 0.3 is 0 Å². The Morgan fingerprint density at radius 2 is 2.00 bits per heavy atom. The Balaban J connectivity index is 1.78. The highest BCUT2D eigenvalue weighted by molar-refractivity contribution is 5.61. The van der Waals surface area contributed by atoms with E-state index in [0.717, 1.165) is 18.5 Å². The van der Waals surface area contributed by atoms with Crippen LogP contribution >= 0.6 is 0 Å². The topological polar surface area (TPSA) is 41.5 Å². The summed E-state index contributed by atoms with van der Waals surface area (Å²) >= 11 is 0. The molecule has 1 aliphatic heterocycles. The lowest BCUT2D eigenvalue weighted by Crippen LogP contribution is -2.00. The summed E-state index contributed by atoms with van der Waals surface area (Å²) in [6.45, 7) is 1.46. The van der Waals surface area contributed by atoms with Gasteiger partial charge in [0.15, 0.2) is 11.5 Å². The van der Waals surface area contributed by atoms with Gasteiger partial charge in [-0.15, -0.1) is 0 Å². The molecule has 0 fully saturated rings. The number of para-hydroxylation sites is 3. The summed E-state index contributed by atoms with van der Waals surface area (Å²) in [7, 11) is 0. The van der Waals surface area contributed by atoms with Crippen molar-refractivity contribution in [1.82, 2.24) is 0 Å². The van der Waals surface area contributed by atoms with E-state index in [-0.39, 0.29) is 5.75 Å². The summed E-state index contributed by atoms with van der Waals surface area (Å²) < 4.78 is 5.66. The highest BCUT2D eigenvalue weighted by Gasteiger charge is 2.14. The first-order valence-corrected chi connectivity index (χ1v) is 6.10. The van der Waals surface area contributed by atoms with Gasteiger partial charge in [-0.25, -0.2) is 0 Å². The van der Waals surface area contributed by atoms with Crippen molar-refractivity contribution in [1.29, 1.82) is 0 Å². The number of benzene rings is 2. The van der Waals surface area contributed by atoms with Crippen LogP contribution in [0.3, 0.4) is 0 Å².